The molecule has 78 valence electrons. The van der Waals surface area contributed by atoms with E-state index in [4.69, 9.17) is 0 Å². The molecular weight excluding hydrogens is 176 g/mol. The third-order valence-corrected chi connectivity index (χ3v) is 2.39. The van der Waals surface area contributed by atoms with Crippen LogP contribution in [-0.2, 0) is 0 Å². The van der Waals surface area contributed by atoms with Crippen LogP contribution < -0.4 is 4.90 Å². The quantitative estimate of drug-likeness (QED) is 0.799. The standard InChI is InChI=1S/C11H18N2O/c1-8(2)13(4)11-6-5-10(7-12-11)9(3)14/h5-9,14H,1-4H3/t9-/m1/s1. The lowest BCUT2D eigenvalue weighted by Crippen LogP contribution is -2.26. The Morgan fingerprint density at radius 1 is 1.29 bits per heavy atom. The van der Waals surface area contributed by atoms with Crippen LogP contribution in [-0.4, -0.2) is 23.2 Å². The number of hydrogen-bond acceptors (Lipinski definition) is 3. The van der Waals surface area contributed by atoms with Crippen LogP contribution in [0.5, 0.6) is 0 Å². The lowest BCUT2D eigenvalue weighted by Gasteiger charge is -2.22. The Balaban J connectivity index is 2.83. The summed E-state index contributed by atoms with van der Waals surface area (Å²) in [5.74, 6) is 0.935. The van der Waals surface area contributed by atoms with Crippen LogP contribution in [0.4, 0.5) is 5.82 Å². The number of aromatic nitrogens is 1. The molecule has 0 aliphatic heterocycles. The maximum Gasteiger partial charge on any atom is 0.128 e. The van der Waals surface area contributed by atoms with E-state index in [-0.39, 0.29) is 0 Å². The Morgan fingerprint density at radius 3 is 2.29 bits per heavy atom. The van der Waals surface area contributed by atoms with Crippen LogP contribution in [0, 0.1) is 0 Å². The number of rotatable bonds is 3. The van der Waals surface area contributed by atoms with E-state index in [0.29, 0.717) is 6.04 Å². The van der Waals surface area contributed by atoms with Gasteiger partial charge in [-0.1, -0.05) is 6.07 Å². The van der Waals surface area contributed by atoms with Gasteiger partial charge in [0.25, 0.3) is 0 Å². The van der Waals surface area contributed by atoms with E-state index in [1.54, 1.807) is 13.1 Å². The molecule has 0 aliphatic carbocycles. The number of nitrogens with zero attached hydrogens (tertiary/aromatic N) is 2. The molecule has 1 N–H and O–H groups in total. The number of hydrogen-bond donors (Lipinski definition) is 1. The van der Waals surface area contributed by atoms with Gasteiger partial charge in [-0.3, -0.25) is 0 Å². The van der Waals surface area contributed by atoms with Crippen molar-refractivity contribution in [1.82, 2.24) is 4.98 Å². The lowest BCUT2D eigenvalue weighted by atomic mass is 10.2. The van der Waals surface area contributed by atoms with Crippen molar-refractivity contribution in [2.75, 3.05) is 11.9 Å². The van der Waals surface area contributed by atoms with Gasteiger partial charge < -0.3 is 10.0 Å². The molecule has 1 aromatic heterocycles. The molecule has 1 aromatic rings. The first-order chi connectivity index (χ1) is 6.52. The molecule has 0 aromatic carbocycles. The first kappa shape index (κ1) is 11.0. The Labute approximate surface area is 85.4 Å². The van der Waals surface area contributed by atoms with Crippen molar-refractivity contribution in [1.29, 1.82) is 0 Å². The second-order valence-corrected chi connectivity index (χ2v) is 3.83. The van der Waals surface area contributed by atoms with Crippen LogP contribution >= 0.6 is 0 Å². The fourth-order valence-electron chi connectivity index (χ4n) is 1.12. The van der Waals surface area contributed by atoms with Crippen LogP contribution in [0.2, 0.25) is 0 Å². The molecular formula is C11H18N2O. The molecule has 0 saturated heterocycles. The third kappa shape index (κ3) is 2.45. The van der Waals surface area contributed by atoms with Crippen LogP contribution in [0.15, 0.2) is 18.3 Å². The topological polar surface area (TPSA) is 36.4 Å². The molecule has 0 bridgehead atoms. The van der Waals surface area contributed by atoms with Crippen molar-refractivity contribution in [2.24, 2.45) is 0 Å². The van der Waals surface area contributed by atoms with E-state index in [1.165, 1.54) is 0 Å². The molecule has 3 heteroatoms. The van der Waals surface area contributed by atoms with Crippen LogP contribution in [0.3, 0.4) is 0 Å². The van der Waals surface area contributed by atoms with Crippen molar-refractivity contribution in [2.45, 2.75) is 32.9 Å². The fourth-order valence-corrected chi connectivity index (χ4v) is 1.12. The summed E-state index contributed by atoms with van der Waals surface area (Å²) < 4.78 is 0. The highest BCUT2D eigenvalue weighted by Gasteiger charge is 2.07. The molecule has 1 atom stereocenters. The smallest absolute Gasteiger partial charge is 0.128 e. The summed E-state index contributed by atoms with van der Waals surface area (Å²) in [4.78, 5) is 6.38. The van der Waals surface area contributed by atoms with E-state index >= 15 is 0 Å². The SMILES string of the molecule is CC(C)N(C)c1ccc([C@@H](C)O)cn1. The number of pyridine rings is 1. The zero-order valence-corrected chi connectivity index (χ0v) is 9.23. The molecule has 3 nitrogen and oxygen atoms in total. The van der Waals surface area contributed by atoms with Gasteiger partial charge in [-0.05, 0) is 32.4 Å². The molecule has 0 unspecified atom stereocenters. The maximum atomic E-state index is 9.31. The molecule has 1 rings (SSSR count). The Morgan fingerprint density at radius 2 is 1.93 bits per heavy atom. The summed E-state index contributed by atoms with van der Waals surface area (Å²) in [5.41, 5.74) is 0.853. The van der Waals surface area contributed by atoms with Gasteiger partial charge in [0.15, 0.2) is 0 Å². The normalized spacial score (nSPS) is 13.0. The minimum absolute atomic E-state index is 0.430. The monoisotopic (exact) mass is 194 g/mol. The highest BCUT2D eigenvalue weighted by atomic mass is 16.3. The molecule has 0 fully saturated rings. The summed E-state index contributed by atoms with van der Waals surface area (Å²) in [7, 11) is 2.01. The van der Waals surface area contributed by atoms with Crippen molar-refractivity contribution in [3.05, 3.63) is 23.9 Å². The summed E-state index contributed by atoms with van der Waals surface area (Å²) >= 11 is 0. The third-order valence-electron chi connectivity index (χ3n) is 2.39. The molecule has 0 aliphatic rings. The van der Waals surface area contributed by atoms with Gasteiger partial charge in [-0.2, -0.15) is 0 Å². The van der Waals surface area contributed by atoms with Gasteiger partial charge >= 0.3 is 0 Å². The minimum atomic E-state index is -0.444. The second-order valence-electron chi connectivity index (χ2n) is 3.83. The first-order valence-electron chi connectivity index (χ1n) is 4.89. The predicted octanol–water partition coefficient (Wildman–Crippen LogP) is 1.98. The predicted molar refractivity (Wildman–Crippen MR) is 58.4 cm³/mol. The zero-order chi connectivity index (χ0) is 10.7. The minimum Gasteiger partial charge on any atom is -0.389 e. The van der Waals surface area contributed by atoms with Gasteiger partial charge in [0.1, 0.15) is 5.82 Å². The van der Waals surface area contributed by atoms with E-state index in [2.05, 4.69) is 23.7 Å². The van der Waals surface area contributed by atoms with Crippen molar-refractivity contribution >= 4 is 5.82 Å². The lowest BCUT2D eigenvalue weighted by molar-refractivity contribution is 0.199. The van der Waals surface area contributed by atoms with Crippen molar-refractivity contribution in [3.63, 3.8) is 0 Å². The van der Waals surface area contributed by atoms with Gasteiger partial charge in [-0.25, -0.2) is 4.98 Å². The Kier molecular flexibility index (Phi) is 3.47. The van der Waals surface area contributed by atoms with Gasteiger partial charge in [0.2, 0.25) is 0 Å². The highest BCUT2D eigenvalue weighted by molar-refractivity contribution is 5.39. The van der Waals surface area contributed by atoms with Crippen molar-refractivity contribution in [3.8, 4) is 0 Å². The van der Waals surface area contributed by atoms with Gasteiger partial charge in [-0.15, -0.1) is 0 Å². The summed E-state index contributed by atoms with van der Waals surface area (Å²) in [5, 5.41) is 9.31. The summed E-state index contributed by atoms with van der Waals surface area (Å²) in [6.45, 7) is 5.97. The van der Waals surface area contributed by atoms with E-state index in [1.807, 2.05) is 19.2 Å². The van der Waals surface area contributed by atoms with Crippen molar-refractivity contribution < 1.29 is 5.11 Å². The van der Waals surface area contributed by atoms with E-state index < -0.39 is 6.10 Å². The Hall–Kier alpha value is -1.09. The average Bonchev–Trinajstić information content (AvgIpc) is 2.16. The molecule has 1 heterocycles. The van der Waals surface area contributed by atoms with E-state index in [0.717, 1.165) is 11.4 Å². The average molecular weight is 194 g/mol. The number of aliphatic hydroxyl groups excluding tert-OH is 1. The highest BCUT2D eigenvalue weighted by Crippen LogP contribution is 2.15. The fraction of sp³-hybridized carbons (Fsp3) is 0.545. The maximum absolute atomic E-state index is 9.31. The summed E-state index contributed by atoms with van der Waals surface area (Å²) in [6.07, 6.45) is 1.28. The summed E-state index contributed by atoms with van der Waals surface area (Å²) in [6, 6.07) is 4.27. The van der Waals surface area contributed by atoms with Crippen LogP contribution in [0.1, 0.15) is 32.4 Å². The van der Waals surface area contributed by atoms with E-state index in [9.17, 15) is 5.11 Å². The molecule has 0 spiro atoms. The molecule has 14 heavy (non-hydrogen) atoms. The number of anilines is 1. The largest absolute Gasteiger partial charge is 0.389 e. The molecule has 0 radical (unpaired) electrons. The first-order valence-corrected chi connectivity index (χ1v) is 4.89. The molecule has 0 amide bonds. The van der Waals surface area contributed by atoms with Gasteiger partial charge in [0.05, 0.1) is 6.10 Å². The van der Waals surface area contributed by atoms with Crippen LogP contribution in [0.25, 0.3) is 0 Å². The molecule has 0 saturated carbocycles. The Bertz CT molecular complexity index is 280. The second kappa shape index (κ2) is 4.42. The number of aliphatic hydroxyl groups is 1. The van der Waals surface area contributed by atoms with Gasteiger partial charge in [0, 0.05) is 19.3 Å². The zero-order valence-electron chi connectivity index (χ0n) is 9.23.